The van der Waals surface area contributed by atoms with Gasteiger partial charge in [-0.2, -0.15) is 0 Å². The van der Waals surface area contributed by atoms with Crippen LogP contribution in [0.4, 0.5) is 0 Å². The van der Waals surface area contributed by atoms with Crippen LogP contribution in [0.1, 0.15) is 17.1 Å². The number of furan rings is 1. The molecule has 2 unspecified atom stereocenters. The first kappa shape index (κ1) is 14.5. The molecule has 2 heterocycles. The average Bonchev–Trinajstić information content (AvgIpc) is 2.94. The van der Waals surface area contributed by atoms with Crippen LogP contribution in [0.2, 0.25) is 0 Å². The van der Waals surface area contributed by atoms with Crippen molar-refractivity contribution in [1.82, 2.24) is 10.2 Å². The molecule has 0 aliphatic carbocycles. The van der Waals surface area contributed by atoms with E-state index in [1.54, 1.807) is 14.2 Å². The van der Waals surface area contributed by atoms with Crippen molar-refractivity contribution in [2.45, 2.75) is 32.2 Å². The first-order valence-corrected chi connectivity index (χ1v) is 6.68. The second-order valence-electron chi connectivity index (χ2n) is 5.09. The number of hydrogen-bond donors (Lipinski definition) is 1. The largest absolute Gasteiger partial charge is 0.463 e. The quantitative estimate of drug-likeness (QED) is 0.838. The molecule has 2 atom stereocenters. The summed E-state index contributed by atoms with van der Waals surface area (Å²) in [7, 11) is 5.40. The highest BCUT2D eigenvalue weighted by atomic mass is 16.5. The van der Waals surface area contributed by atoms with Crippen molar-refractivity contribution >= 4 is 0 Å². The van der Waals surface area contributed by atoms with Crippen molar-refractivity contribution in [2.75, 3.05) is 34.4 Å². The molecule has 0 saturated carbocycles. The van der Waals surface area contributed by atoms with Gasteiger partial charge in [-0.3, -0.25) is 4.90 Å². The maximum Gasteiger partial charge on any atom is 0.120 e. The van der Waals surface area contributed by atoms with Gasteiger partial charge in [-0.15, -0.1) is 0 Å². The highest BCUT2D eigenvalue weighted by Gasteiger charge is 2.33. The summed E-state index contributed by atoms with van der Waals surface area (Å²) in [5, 5.41) is 3.12. The molecule has 0 aromatic carbocycles. The summed E-state index contributed by atoms with van der Waals surface area (Å²) in [6, 6.07) is 2.12. The van der Waals surface area contributed by atoms with Crippen molar-refractivity contribution in [1.29, 1.82) is 0 Å². The highest BCUT2D eigenvalue weighted by molar-refractivity contribution is 5.20. The fraction of sp³-hybridized carbons (Fsp3) is 0.714. The summed E-state index contributed by atoms with van der Waals surface area (Å²) in [6.07, 6.45) is 0.302. The Bertz CT molecular complexity index is 393. The van der Waals surface area contributed by atoms with Gasteiger partial charge in [0.25, 0.3) is 0 Å². The Morgan fingerprint density at radius 1 is 1.32 bits per heavy atom. The van der Waals surface area contributed by atoms with Crippen molar-refractivity contribution in [3.63, 3.8) is 0 Å². The molecule has 1 aromatic rings. The molecule has 1 aliphatic heterocycles. The van der Waals surface area contributed by atoms with E-state index in [0.717, 1.165) is 37.7 Å². The van der Waals surface area contributed by atoms with E-state index < -0.39 is 0 Å². The van der Waals surface area contributed by atoms with Gasteiger partial charge in [-0.1, -0.05) is 0 Å². The molecule has 0 radical (unpaired) electrons. The summed E-state index contributed by atoms with van der Waals surface area (Å²) in [5.41, 5.74) is 1.20. The van der Waals surface area contributed by atoms with Crippen LogP contribution in [0.25, 0.3) is 0 Å². The van der Waals surface area contributed by atoms with E-state index in [0.29, 0.717) is 0 Å². The van der Waals surface area contributed by atoms with Gasteiger partial charge in [0.2, 0.25) is 0 Å². The molecule has 5 heteroatoms. The normalized spacial score (nSPS) is 24.2. The molecule has 1 N–H and O–H groups in total. The SMILES string of the molecule is CNCc1oc(CN2CC(OC)C(OC)C2)cc1C. The Morgan fingerprint density at radius 2 is 1.95 bits per heavy atom. The zero-order valence-corrected chi connectivity index (χ0v) is 12.2. The lowest BCUT2D eigenvalue weighted by atomic mass is 10.2. The molecule has 0 spiro atoms. The number of rotatable bonds is 6. The Labute approximate surface area is 114 Å². The molecule has 5 nitrogen and oxygen atoms in total. The number of aryl methyl sites for hydroxylation is 1. The lowest BCUT2D eigenvalue weighted by Crippen LogP contribution is -2.27. The number of hydrogen-bond acceptors (Lipinski definition) is 5. The third-order valence-electron chi connectivity index (χ3n) is 3.68. The maximum absolute atomic E-state index is 5.87. The molecule has 1 saturated heterocycles. The van der Waals surface area contributed by atoms with Crippen LogP contribution < -0.4 is 5.32 Å². The summed E-state index contributed by atoms with van der Waals surface area (Å²) in [6.45, 7) is 5.43. The Kier molecular flexibility index (Phi) is 4.99. The highest BCUT2D eigenvalue weighted by Crippen LogP contribution is 2.21. The summed E-state index contributed by atoms with van der Waals surface area (Å²) in [4.78, 5) is 2.31. The van der Waals surface area contributed by atoms with Crippen molar-refractivity contribution < 1.29 is 13.9 Å². The van der Waals surface area contributed by atoms with E-state index >= 15 is 0 Å². The molecular weight excluding hydrogens is 244 g/mol. The number of ether oxygens (including phenoxy) is 2. The lowest BCUT2D eigenvalue weighted by molar-refractivity contribution is -0.00461. The Hall–Kier alpha value is -0.880. The van der Waals surface area contributed by atoms with Crippen molar-refractivity contribution in [3.05, 3.63) is 23.2 Å². The summed E-state index contributed by atoms with van der Waals surface area (Å²) in [5.74, 6) is 2.03. The fourth-order valence-corrected chi connectivity index (χ4v) is 2.62. The van der Waals surface area contributed by atoms with E-state index in [1.165, 1.54) is 5.56 Å². The second-order valence-corrected chi connectivity index (χ2v) is 5.09. The monoisotopic (exact) mass is 268 g/mol. The fourth-order valence-electron chi connectivity index (χ4n) is 2.62. The average molecular weight is 268 g/mol. The topological polar surface area (TPSA) is 46.9 Å². The van der Waals surface area contributed by atoms with Gasteiger partial charge >= 0.3 is 0 Å². The first-order valence-electron chi connectivity index (χ1n) is 6.68. The molecule has 108 valence electrons. The zero-order valence-electron chi connectivity index (χ0n) is 12.2. The zero-order chi connectivity index (χ0) is 13.8. The minimum absolute atomic E-state index is 0.151. The van der Waals surface area contributed by atoms with Gasteiger partial charge in [0.1, 0.15) is 11.5 Å². The van der Waals surface area contributed by atoms with Crippen LogP contribution in [0.3, 0.4) is 0 Å². The lowest BCUT2D eigenvalue weighted by Gasteiger charge is -2.13. The third-order valence-corrected chi connectivity index (χ3v) is 3.68. The predicted octanol–water partition coefficient (Wildman–Crippen LogP) is 1.15. The third kappa shape index (κ3) is 3.36. The smallest absolute Gasteiger partial charge is 0.120 e. The van der Waals surface area contributed by atoms with Crippen LogP contribution in [0.15, 0.2) is 10.5 Å². The number of nitrogens with one attached hydrogen (secondary N) is 1. The van der Waals surface area contributed by atoms with Gasteiger partial charge in [-0.05, 0) is 25.6 Å². The van der Waals surface area contributed by atoms with Crippen LogP contribution in [0, 0.1) is 6.92 Å². The minimum atomic E-state index is 0.151. The standard InChI is InChI=1S/C14H24N2O3/c1-10-5-11(19-12(10)6-15-2)7-16-8-13(17-3)14(9-16)18-4/h5,13-15H,6-9H2,1-4H3. The molecule has 0 bridgehead atoms. The molecule has 0 amide bonds. The van der Waals surface area contributed by atoms with E-state index in [4.69, 9.17) is 13.9 Å². The number of methoxy groups -OCH3 is 2. The van der Waals surface area contributed by atoms with Crippen LogP contribution in [-0.4, -0.2) is 51.5 Å². The van der Waals surface area contributed by atoms with E-state index in [1.807, 2.05) is 7.05 Å². The molecule has 1 aliphatic rings. The molecule has 1 aromatic heterocycles. The van der Waals surface area contributed by atoms with Gasteiger partial charge in [-0.25, -0.2) is 0 Å². The van der Waals surface area contributed by atoms with Crippen molar-refractivity contribution in [3.8, 4) is 0 Å². The molecule has 2 rings (SSSR count). The molecular formula is C14H24N2O3. The van der Waals surface area contributed by atoms with Crippen LogP contribution in [-0.2, 0) is 22.6 Å². The van der Waals surface area contributed by atoms with E-state index in [2.05, 4.69) is 23.2 Å². The summed E-state index contributed by atoms with van der Waals surface area (Å²) < 4.78 is 16.8. The minimum Gasteiger partial charge on any atom is -0.463 e. The molecule has 1 fully saturated rings. The van der Waals surface area contributed by atoms with E-state index in [-0.39, 0.29) is 12.2 Å². The first-order chi connectivity index (χ1) is 9.17. The Morgan fingerprint density at radius 3 is 2.47 bits per heavy atom. The second kappa shape index (κ2) is 6.52. The van der Waals surface area contributed by atoms with Crippen LogP contribution >= 0.6 is 0 Å². The maximum atomic E-state index is 5.87. The Balaban J connectivity index is 1.96. The van der Waals surface area contributed by atoms with Gasteiger partial charge in [0.05, 0.1) is 25.3 Å². The summed E-state index contributed by atoms with van der Waals surface area (Å²) >= 11 is 0. The van der Waals surface area contributed by atoms with E-state index in [9.17, 15) is 0 Å². The predicted molar refractivity (Wildman–Crippen MR) is 73.1 cm³/mol. The van der Waals surface area contributed by atoms with Gasteiger partial charge in [0, 0.05) is 27.3 Å². The van der Waals surface area contributed by atoms with Gasteiger partial charge < -0.3 is 19.2 Å². The number of likely N-dealkylation sites (tertiary alicyclic amines) is 1. The molecule has 19 heavy (non-hydrogen) atoms. The van der Waals surface area contributed by atoms with Crippen LogP contribution in [0.5, 0.6) is 0 Å². The number of nitrogens with zero attached hydrogens (tertiary/aromatic N) is 1. The van der Waals surface area contributed by atoms with Crippen molar-refractivity contribution in [2.24, 2.45) is 0 Å². The van der Waals surface area contributed by atoms with Gasteiger partial charge in [0.15, 0.2) is 0 Å².